The first-order chi connectivity index (χ1) is 11.2. The summed E-state index contributed by atoms with van der Waals surface area (Å²) in [7, 11) is 0. The Labute approximate surface area is 144 Å². The molecule has 0 saturated carbocycles. The summed E-state index contributed by atoms with van der Waals surface area (Å²) >= 11 is 0. The van der Waals surface area contributed by atoms with Crippen LogP contribution in [0.2, 0.25) is 0 Å². The molecule has 134 valence electrons. The highest BCUT2D eigenvalue weighted by molar-refractivity contribution is 5.92. The third kappa shape index (κ3) is 4.58. The molecule has 0 aromatic heterocycles. The van der Waals surface area contributed by atoms with E-state index in [0.717, 1.165) is 36.0 Å². The van der Waals surface area contributed by atoms with Gasteiger partial charge in [0.25, 0.3) is 0 Å². The monoisotopic (exact) mass is 334 g/mol. The van der Waals surface area contributed by atoms with Crippen molar-refractivity contribution in [1.29, 1.82) is 0 Å². The lowest BCUT2D eigenvalue weighted by Crippen LogP contribution is -2.39. The second-order valence-electron chi connectivity index (χ2n) is 7.49. The van der Waals surface area contributed by atoms with Gasteiger partial charge in [0.2, 0.25) is 0 Å². The number of hydrogen-bond acceptors (Lipinski definition) is 4. The van der Waals surface area contributed by atoms with Gasteiger partial charge in [-0.2, -0.15) is 0 Å². The summed E-state index contributed by atoms with van der Waals surface area (Å²) in [5.74, 6) is -0.229. The van der Waals surface area contributed by atoms with E-state index in [1.807, 2.05) is 19.9 Å². The average Bonchev–Trinajstić information content (AvgIpc) is 2.76. The van der Waals surface area contributed by atoms with Gasteiger partial charge in [0.1, 0.15) is 6.10 Å². The van der Waals surface area contributed by atoms with Gasteiger partial charge in [-0.05, 0) is 77.9 Å². The van der Waals surface area contributed by atoms with Crippen LogP contribution in [0.15, 0.2) is 34.4 Å². The molecule has 2 aliphatic rings. The molecule has 1 aliphatic heterocycles. The van der Waals surface area contributed by atoms with Crippen molar-refractivity contribution >= 4 is 5.97 Å². The van der Waals surface area contributed by atoms with E-state index in [9.17, 15) is 15.0 Å². The molecule has 24 heavy (non-hydrogen) atoms. The van der Waals surface area contributed by atoms with Gasteiger partial charge in [-0.25, -0.2) is 4.79 Å². The van der Waals surface area contributed by atoms with E-state index < -0.39 is 11.7 Å². The van der Waals surface area contributed by atoms with Crippen LogP contribution < -0.4 is 0 Å². The third-order valence-electron chi connectivity index (χ3n) is 5.26. The van der Waals surface area contributed by atoms with Crippen molar-refractivity contribution in [2.45, 2.75) is 84.0 Å². The predicted octanol–water partition coefficient (Wildman–Crippen LogP) is 3.59. The molecule has 0 aromatic carbocycles. The minimum Gasteiger partial charge on any atom is -0.450 e. The summed E-state index contributed by atoms with van der Waals surface area (Å²) in [4.78, 5) is 11.9. The molecule has 3 atom stereocenters. The highest BCUT2D eigenvalue weighted by atomic mass is 16.5. The number of esters is 1. The molecule has 0 fully saturated rings. The van der Waals surface area contributed by atoms with Crippen LogP contribution >= 0.6 is 0 Å². The van der Waals surface area contributed by atoms with Crippen LogP contribution in [0.3, 0.4) is 0 Å². The molecule has 1 heterocycles. The second kappa shape index (κ2) is 7.66. The minimum absolute atomic E-state index is 0.229. The molecule has 1 aliphatic carbocycles. The van der Waals surface area contributed by atoms with Gasteiger partial charge in [0.15, 0.2) is 0 Å². The van der Waals surface area contributed by atoms with E-state index in [0.29, 0.717) is 19.3 Å². The summed E-state index contributed by atoms with van der Waals surface area (Å²) in [5.41, 5.74) is 3.02. The van der Waals surface area contributed by atoms with Crippen LogP contribution in [0.1, 0.15) is 66.2 Å². The van der Waals surface area contributed by atoms with Crippen molar-refractivity contribution < 1.29 is 19.7 Å². The maximum absolute atomic E-state index is 11.9. The average molecular weight is 334 g/mol. The fourth-order valence-electron chi connectivity index (χ4n) is 3.31. The highest BCUT2D eigenvalue weighted by Crippen LogP contribution is 2.31. The summed E-state index contributed by atoms with van der Waals surface area (Å²) in [5, 5.41) is 20.8. The third-order valence-corrected chi connectivity index (χ3v) is 5.26. The normalized spacial score (nSPS) is 37.7. The zero-order chi connectivity index (χ0) is 17.9. The Bertz CT molecular complexity index is 580. The van der Waals surface area contributed by atoms with E-state index in [2.05, 4.69) is 13.0 Å². The SMILES string of the molecule is CC1=C2CC/C(C)=C/CC[C@](C)(O)[C@H](O)CC/C(C)=C/[C@H]2OC1=O. The van der Waals surface area contributed by atoms with Gasteiger partial charge in [0, 0.05) is 5.57 Å². The molecule has 0 bridgehead atoms. The van der Waals surface area contributed by atoms with Gasteiger partial charge < -0.3 is 14.9 Å². The fourth-order valence-corrected chi connectivity index (χ4v) is 3.31. The fraction of sp³-hybridized carbons (Fsp3) is 0.650. The first-order valence-corrected chi connectivity index (χ1v) is 8.84. The lowest BCUT2D eigenvalue weighted by molar-refractivity contribution is -0.138. The molecule has 2 N–H and O–H groups in total. The van der Waals surface area contributed by atoms with Crippen molar-refractivity contribution in [1.82, 2.24) is 0 Å². The number of hydrogen-bond donors (Lipinski definition) is 2. The Kier molecular flexibility index (Phi) is 6.05. The Morgan fingerprint density at radius 1 is 1.17 bits per heavy atom. The smallest absolute Gasteiger partial charge is 0.334 e. The van der Waals surface area contributed by atoms with Crippen LogP contribution in [0.4, 0.5) is 0 Å². The Morgan fingerprint density at radius 3 is 2.58 bits per heavy atom. The van der Waals surface area contributed by atoms with E-state index in [-0.39, 0.29) is 12.1 Å². The number of carbonyl (C=O) groups excluding carboxylic acids is 1. The molecule has 2 rings (SSSR count). The number of fused-ring (bicyclic) bond motifs is 1. The van der Waals surface area contributed by atoms with Crippen molar-refractivity contribution in [3.05, 3.63) is 34.4 Å². The molecule has 0 radical (unpaired) electrons. The van der Waals surface area contributed by atoms with Crippen molar-refractivity contribution in [2.24, 2.45) is 0 Å². The van der Waals surface area contributed by atoms with Crippen LogP contribution in [0.25, 0.3) is 0 Å². The van der Waals surface area contributed by atoms with E-state index in [1.165, 1.54) is 5.57 Å². The molecule has 4 nitrogen and oxygen atoms in total. The number of ether oxygens (including phenoxy) is 1. The zero-order valence-corrected chi connectivity index (χ0v) is 15.3. The number of aliphatic hydroxyl groups excluding tert-OH is 1. The van der Waals surface area contributed by atoms with Gasteiger partial charge in [-0.3, -0.25) is 0 Å². The first kappa shape index (κ1) is 18.9. The summed E-state index contributed by atoms with van der Waals surface area (Å²) in [6, 6.07) is 0. The Morgan fingerprint density at radius 2 is 1.88 bits per heavy atom. The van der Waals surface area contributed by atoms with Crippen molar-refractivity contribution in [3.8, 4) is 0 Å². The van der Waals surface area contributed by atoms with Crippen LogP contribution in [-0.4, -0.2) is 34.0 Å². The lowest BCUT2D eigenvalue weighted by Gasteiger charge is -2.29. The van der Waals surface area contributed by atoms with Gasteiger partial charge in [-0.1, -0.05) is 17.2 Å². The zero-order valence-electron chi connectivity index (χ0n) is 15.3. The maximum Gasteiger partial charge on any atom is 0.334 e. The Balaban J connectivity index is 2.25. The van der Waals surface area contributed by atoms with Crippen molar-refractivity contribution in [2.75, 3.05) is 0 Å². The molecule has 4 heteroatoms. The highest BCUT2D eigenvalue weighted by Gasteiger charge is 2.31. The number of allylic oxidation sites excluding steroid dienone is 3. The summed E-state index contributed by atoms with van der Waals surface area (Å²) < 4.78 is 5.49. The van der Waals surface area contributed by atoms with Crippen molar-refractivity contribution in [3.63, 3.8) is 0 Å². The minimum atomic E-state index is -1.08. The molecular weight excluding hydrogens is 304 g/mol. The molecule has 0 saturated heterocycles. The Hall–Kier alpha value is -1.39. The van der Waals surface area contributed by atoms with E-state index >= 15 is 0 Å². The topological polar surface area (TPSA) is 66.8 Å². The second-order valence-corrected chi connectivity index (χ2v) is 7.49. The lowest BCUT2D eigenvalue weighted by atomic mass is 9.88. The molecule has 0 spiro atoms. The van der Waals surface area contributed by atoms with Gasteiger partial charge >= 0.3 is 5.97 Å². The number of carbonyl (C=O) groups is 1. The molecule has 0 amide bonds. The quantitative estimate of drug-likeness (QED) is 0.525. The number of aliphatic hydroxyl groups is 2. The first-order valence-electron chi connectivity index (χ1n) is 8.84. The predicted molar refractivity (Wildman–Crippen MR) is 94.4 cm³/mol. The van der Waals surface area contributed by atoms with Gasteiger partial charge in [0.05, 0.1) is 11.7 Å². The molecule has 0 unspecified atom stereocenters. The van der Waals surface area contributed by atoms with E-state index in [4.69, 9.17) is 4.74 Å². The largest absolute Gasteiger partial charge is 0.450 e. The maximum atomic E-state index is 11.9. The standard InChI is InChI=1S/C20H30O4/c1-13-6-5-11-20(4,23)18(21)10-8-14(2)12-17-16(9-7-13)15(3)19(22)24-17/h6,12,17-18,21,23H,5,7-11H2,1-4H3/b13-6+,14-12+/t17-,18-,20+/m1/s1. The van der Waals surface area contributed by atoms with E-state index in [1.54, 1.807) is 6.92 Å². The summed E-state index contributed by atoms with van der Waals surface area (Å²) in [6.45, 7) is 7.59. The summed E-state index contributed by atoms with van der Waals surface area (Å²) in [6.07, 6.45) is 7.19. The van der Waals surface area contributed by atoms with Crippen LogP contribution in [0, 0.1) is 0 Å². The number of rotatable bonds is 0. The van der Waals surface area contributed by atoms with Crippen LogP contribution in [-0.2, 0) is 9.53 Å². The molecule has 0 aromatic rings. The van der Waals surface area contributed by atoms with Gasteiger partial charge in [-0.15, -0.1) is 0 Å². The van der Waals surface area contributed by atoms with Crippen LogP contribution in [0.5, 0.6) is 0 Å². The molecular formula is C20H30O4.